The van der Waals surface area contributed by atoms with Crippen LogP contribution in [0, 0.1) is 0 Å². The Labute approximate surface area is 91.4 Å². The monoisotopic (exact) mass is 208 g/mol. The second-order valence-electron chi connectivity index (χ2n) is 4.34. The van der Waals surface area contributed by atoms with Gasteiger partial charge in [0.2, 0.25) is 0 Å². The van der Waals surface area contributed by atoms with Gasteiger partial charge in [-0.1, -0.05) is 6.42 Å². The first-order valence-electron chi connectivity index (χ1n) is 5.79. The van der Waals surface area contributed by atoms with E-state index in [-0.39, 0.29) is 0 Å². The Bertz CT molecular complexity index is 271. The lowest BCUT2D eigenvalue weighted by atomic mass is 10.0. The smallest absolute Gasteiger partial charge is 0.117 e. The maximum Gasteiger partial charge on any atom is 0.117 e. The minimum Gasteiger partial charge on any atom is -0.468 e. The molecule has 3 nitrogen and oxygen atoms in total. The Kier molecular flexibility index (Phi) is 3.80. The van der Waals surface area contributed by atoms with Gasteiger partial charge in [-0.05, 0) is 38.6 Å². The average Bonchev–Trinajstić information content (AvgIpc) is 2.74. The molecule has 1 unspecified atom stereocenters. The van der Waals surface area contributed by atoms with Crippen molar-refractivity contribution in [3.8, 4) is 0 Å². The molecule has 0 radical (unpaired) electrons. The van der Waals surface area contributed by atoms with E-state index in [4.69, 9.17) is 4.42 Å². The standard InChI is InChI=1S/C12H20N2O/c1-14-7-3-2-5-11(14)9-13-10-12-6-4-8-15-12/h4,6,8,11,13H,2-3,5,7,9-10H2,1H3. The van der Waals surface area contributed by atoms with Crippen molar-refractivity contribution in [2.75, 3.05) is 20.1 Å². The molecule has 0 aliphatic carbocycles. The molecule has 1 aromatic rings. The average molecular weight is 208 g/mol. The normalized spacial score (nSPS) is 23.1. The molecule has 0 spiro atoms. The quantitative estimate of drug-likeness (QED) is 0.818. The SMILES string of the molecule is CN1CCCCC1CNCc1ccco1. The van der Waals surface area contributed by atoms with Crippen LogP contribution in [0.25, 0.3) is 0 Å². The van der Waals surface area contributed by atoms with Crippen molar-refractivity contribution >= 4 is 0 Å². The molecule has 1 N–H and O–H groups in total. The van der Waals surface area contributed by atoms with Crippen LogP contribution in [-0.4, -0.2) is 31.1 Å². The summed E-state index contributed by atoms with van der Waals surface area (Å²) in [6, 6.07) is 4.65. The third kappa shape index (κ3) is 3.08. The van der Waals surface area contributed by atoms with Crippen molar-refractivity contribution in [1.29, 1.82) is 0 Å². The summed E-state index contributed by atoms with van der Waals surface area (Å²) in [5, 5.41) is 3.45. The second kappa shape index (κ2) is 5.33. The summed E-state index contributed by atoms with van der Waals surface area (Å²) < 4.78 is 5.27. The zero-order valence-corrected chi connectivity index (χ0v) is 9.41. The molecule has 0 saturated carbocycles. The topological polar surface area (TPSA) is 28.4 Å². The molecule has 1 saturated heterocycles. The summed E-state index contributed by atoms with van der Waals surface area (Å²) in [5.74, 6) is 1.02. The van der Waals surface area contributed by atoms with Crippen LogP contribution in [0.1, 0.15) is 25.0 Å². The Hall–Kier alpha value is -0.800. The number of nitrogens with one attached hydrogen (secondary N) is 1. The Morgan fingerprint density at radius 3 is 3.20 bits per heavy atom. The van der Waals surface area contributed by atoms with Gasteiger partial charge in [0.15, 0.2) is 0 Å². The van der Waals surface area contributed by atoms with Crippen molar-refractivity contribution in [1.82, 2.24) is 10.2 Å². The van der Waals surface area contributed by atoms with Crippen LogP contribution < -0.4 is 5.32 Å². The second-order valence-corrected chi connectivity index (χ2v) is 4.34. The van der Waals surface area contributed by atoms with Crippen molar-refractivity contribution in [2.24, 2.45) is 0 Å². The van der Waals surface area contributed by atoms with E-state index in [0.717, 1.165) is 18.8 Å². The molecule has 1 atom stereocenters. The Balaban J connectivity index is 1.68. The van der Waals surface area contributed by atoms with Crippen molar-refractivity contribution in [3.63, 3.8) is 0 Å². The molecule has 1 aliphatic rings. The lowest BCUT2D eigenvalue weighted by Crippen LogP contribution is -2.42. The van der Waals surface area contributed by atoms with Gasteiger partial charge in [-0.15, -0.1) is 0 Å². The number of furan rings is 1. The van der Waals surface area contributed by atoms with Crippen LogP contribution in [-0.2, 0) is 6.54 Å². The minimum absolute atomic E-state index is 0.703. The lowest BCUT2D eigenvalue weighted by molar-refractivity contribution is 0.180. The highest BCUT2D eigenvalue weighted by atomic mass is 16.3. The molecule has 84 valence electrons. The highest BCUT2D eigenvalue weighted by molar-refractivity contribution is 4.97. The fourth-order valence-corrected chi connectivity index (χ4v) is 2.18. The minimum atomic E-state index is 0.703. The van der Waals surface area contributed by atoms with Crippen LogP contribution in [0.2, 0.25) is 0 Å². The zero-order valence-electron chi connectivity index (χ0n) is 9.41. The number of nitrogens with zero attached hydrogens (tertiary/aromatic N) is 1. The Morgan fingerprint density at radius 1 is 1.53 bits per heavy atom. The zero-order chi connectivity index (χ0) is 10.5. The highest BCUT2D eigenvalue weighted by Crippen LogP contribution is 2.14. The number of rotatable bonds is 4. The molecule has 3 heteroatoms. The Morgan fingerprint density at radius 2 is 2.47 bits per heavy atom. The molecule has 0 bridgehead atoms. The lowest BCUT2D eigenvalue weighted by Gasteiger charge is -2.32. The number of piperidine rings is 1. The van der Waals surface area contributed by atoms with Gasteiger partial charge >= 0.3 is 0 Å². The molecule has 1 aliphatic heterocycles. The van der Waals surface area contributed by atoms with E-state index >= 15 is 0 Å². The predicted octanol–water partition coefficient (Wildman–Crippen LogP) is 1.85. The van der Waals surface area contributed by atoms with Gasteiger partial charge in [-0.3, -0.25) is 0 Å². The van der Waals surface area contributed by atoms with Crippen LogP contribution in [0.4, 0.5) is 0 Å². The van der Waals surface area contributed by atoms with Crippen LogP contribution in [0.3, 0.4) is 0 Å². The maximum atomic E-state index is 5.27. The third-order valence-electron chi connectivity index (χ3n) is 3.18. The van der Waals surface area contributed by atoms with Crippen molar-refractivity contribution in [2.45, 2.75) is 31.8 Å². The maximum absolute atomic E-state index is 5.27. The molecule has 2 heterocycles. The number of likely N-dealkylation sites (tertiary alicyclic amines) is 1. The van der Waals surface area contributed by atoms with Gasteiger partial charge in [0.05, 0.1) is 12.8 Å². The summed E-state index contributed by atoms with van der Waals surface area (Å²) in [6.07, 6.45) is 5.77. The van der Waals surface area contributed by atoms with E-state index in [2.05, 4.69) is 17.3 Å². The highest BCUT2D eigenvalue weighted by Gasteiger charge is 2.17. The predicted molar refractivity (Wildman–Crippen MR) is 60.7 cm³/mol. The fraction of sp³-hybridized carbons (Fsp3) is 0.667. The molecular formula is C12H20N2O. The van der Waals surface area contributed by atoms with E-state index in [9.17, 15) is 0 Å². The molecule has 1 fully saturated rings. The molecule has 2 rings (SSSR count). The molecular weight excluding hydrogens is 188 g/mol. The van der Waals surface area contributed by atoms with Gasteiger partial charge < -0.3 is 14.6 Å². The van der Waals surface area contributed by atoms with Crippen molar-refractivity contribution in [3.05, 3.63) is 24.2 Å². The first-order valence-corrected chi connectivity index (χ1v) is 5.79. The van der Waals surface area contributed by atoms with E-state index in [1.165, 1.54) is 25.8 Å². The van der Waals surface area contributed by atoms with Gasteiger partial charge in [-0.25, -0.2) is 0 Å². The van der Waals surface area contributed by atoms with Gasteiger partial charge in [0.1, 0.15) is 5.76 Å². The summed E-state index contributed by atoms with van der Waals surface area (Å²) >= 11 is 0. The van der Waals surface area contributed by atoms with Crippen LogP contribution >= 0.6 is 0 Å². The summed E-state index contributed by atoms with van der Waals surface area (Å²) in [4.78, 5) is 2.46. The summed E-state index contributed by atoms with van der Waals surface area (Å²) in [5.41, 5.74) is 0. The first kappa shape index (κ1) is 10.7. The summed E-state index contributed by atoms with van der Waals surface area (Å²) in [7, 11) is 2.22. The fourth-order valence-electron chi connectivity index (χ4n) is 2.18. The van der Waals surface area contributed by atoms with E-state index in [1.54, 1.807) is 6.26 Å². The molecule has 15 heavy (non-hydrogen) atoms. The number of hydrogen-bond acceptors (Lipinski definition) is 3. The molecule has 0 aromatic carbocycles. The van der Waals surface area contributed by atoms with E-state index in [0.29, 0.717) is 6.04 Å². The summed E-state index contributed by atoms with van der Waals surface area (Å²) in [6.45, 7) is 3.15. The third-order valence-corrected chi connectivity index (χ3v) is 3.18. The van der Waals surface area contributed by atoms with Gasteiger partial charge in [0.25, 0.3) is 0 Å². The van der Waals surface area contributed by atoms with Crippen LogP contribution in [0.5, 0.6) is 0 Å². The van der Waals surface area contributed by atoms with E-state index in [1.807, 2.05) is 12.1 Å². The molecule has 1 aromatic heterocycles. The van der Waals surface area contributed by atoms with Crippen molar-refractivity contribution < 1.29 is 4.42 Å². The van der Waals surface area contributed by atoms with Gasteiger partial charge in [0, 0.05) is 12.6 Å². The largest absolute Gasteiger partial charge is 0.468 e. The number of likely N-dealkylation sites (N-methyl/N-ethyl adjacent to an activating group) is 1. The van der Waals surface area contributed by atoms with Crippen LogP contribution in [0.15, 0.2) is 22.8 Å². The van der Waals surface area contributed by atoms with Gasteiger partial charge in [-0.2, -0.15) is 0 Å². The molecule has 0 amide bonds. The first-order chi connectivity index (χ1) is 7.36. The number of hydrogen-bond donors (Lipinski definition) is 1. The van der Waals surface area contributed by atoms with E-state index < -0.39 is 0 Å².